The Labute approximate surface area is 324 Å². The highest BCUT2D eigenvalue weighted by Gasteiger charge is 2.27. The Balaban J connectivity index is 0.982. The first-order valence-corrected chi connectivity index (χ1v) is 18.7. The lowest BCUT2D eigenvalue weighted by Crippen LogP contribution is -2.15. The highest BCUT2D eigenvalue weighted by molar-refractivity contribution is 5.97. The van der Waals surface area contributed by atoms with Gasteiger partial charge in [0.25, 0.3) is 0 Å². The summed E-state index contributed by atoms with van der Waals surface area (Å²) in [5.41, 5.74) is 12.0. The number of aromatic nitrogens is 2. The van der Waals surface area contributed by atoms with E-state index in [0.717, 1.165) is 96.0 Å². The van der Waals surface area contributed by atoms with Crippen LogP contribution in [-0.2, 0) is 0 Å². The summed E-state index contributed by atoms with van der Waals surface area (Å²) in [6, 6.07) is 66.6. The number of fused-ring (bicyclic) bond motifs is 5. The molecule has 0 unspecified atom stereocenters. The molecule has 6 nitrogen and oxygen atoms in total. The molecule has 0 saturated heterocycles. The molecule has 0 N–H and O–H groups in total. The molecule has 2 aliphatic heterocycles. The van der Waals surface area contributed by atoms with Crippen molar-refractivity contribution in [3.63, 3.8) is 0 Å². The van der Waals surface area contributed by atoms with E-state index in [1.807, 2.05) is 91.0 Å². The average Bonchev–Trinajstić information content (AvgIpc) is 3.27. The van der Waals surface area contributed by atoms with Gasteiger partial charge < -0.3 is 19.3 Å². The Bertz CT molecular complexity index is 2840. The summed E-state index contributed by atoms with van der Waals surface area (Å²) in [6.07, 6.45) is 0. The minimum absolute atomic E-state index is 0.686. The summed E-state index contributed by atoms with van der Waals surface area (Å²) in [5, 5.41) is 0.987. The van der Waals surface area contributed by atoms with E-state index in [0.29, 0.717) is 5.82 Å². The van der Waals surface area contributed by atoms with Crippen molar-refractivity contribution in [3.05, 3.63) is 194 Å². The standard InChI is InChI=1S/C50H32N4O2/c1-2-12-35(13-3-1)50-51-40-32-36(33-22-27-37(28-23-33)53-41-14-4-8-18-45(41)55-46-19-9-5-15-42(46)53)26-31-39(40)49(52-50)34-24-29-38(30-25-34)54-43-16-6-10-20-47(43)56-48-21-11-7-17-44(48)54/h1-32H. The summed E-state index contributed by atoms with van der Waals surface area (Å²) >= 11 is 0. The van der Waals surface area contributed by atoms with Crippen LogP contribution in [0.5, 0.6) is 23.0 Å². The molecule has 6 heteroatoms. The molecule has 8 aromatic carbocycles. The predicted octanol–water partition coefficient (Wildman–Crippen LogP) is 13.8. The molecule has 0 atom stereocenters. The van der Waals surface area contributed by atoms with E-state index in [-0.39, 0.29) is 0 Å². The van der Waals surface area contributed by atoms with Gasteiger partial charge in [-0.2, -0.15) is 0 Å². The molecule has 11 rings (SSSR count). The number of hydrogen-bond acceptors (Lipinski definition) is 6. The maximum Gasteiger partial charge on any atom is 0.160 e. The van der Waals surface area contributed by atoms with E-state index in [4.69, 9.17) is 19.4 Å². The fraction of sp³-hybridized carbons (Fsp3) is 0. The highest BCUT2D eigenvalue weighted by Crippen LogP contribution is 2.51. The lowest BCUT2D eigenvalue weighted by molar-refractivity contribution is 0.477. The van der Waals surface area contributed by atoms with Gasteiger partial charge >= 0.3 is 0 Å². The highest BCUT2D eigenvalue weighted by atomic mass is 16.5. The van der Waals surface area contributed by atoms with E-state index in [2.05, 4.69) is 113 Å². The van der Waals surface area contributed by atoms with E-state index in [9.17, 15) is 0 Å². The Morgan fingerprint density at radius 2 is 0.768 bits per heavy atom. The summed E-state index contributed by atoms with van der Waals surface area (Å²) in [5.74, 6) is 4.01. The summed E-state index contributed by atoms with van der Waals surface area (Å²) in [6.45, 7) is 0. The van der Waals surface area contributed by atoms with Crippen molar-refractivity contribution < 1.29 is 9.47 Å². The second kappa shape index (κ2) is 13.0. The maximum absolute atomic E-state index is 6.26. The zero-order valence-electron chi connectivity index (χ0n) is 30.1. The molecule has 9 aromatic rings. The Morgan fingerprint density at radius 1 is 0.339 bits per heavy atom. The largest absolute Gasteiger partial charge is 0.453 e. The van der Waals surface area contributed by atoms with E-state index >= 15 is 0 Å². The lowest BCUT2D eigenvalue weighted by atomic mass is 9.99. The van der Waals surface area contributed by atoms with Gasteiger partial charge in [-0.15, -0.1) is 0 Å². The fourth-order valence-electron chi connectivity index (χ4n) is 7.78. The topological polar surface area (TPSA) is 50.7 Å². The minimum Gasteiger partial charge on any atom is -0.453 e. The number of hydrogen-bond donors (Lipinski definition) is 0. The molecular weight excluding hydrogens is 689 g/mol. The van der Waals surface area contributed by atoms with Crippen LogP contribution in [-0.4, -0.2) is 9.97 Å². The van der Waals surface area contributed by atoms with Gasteiger partial charge in [-0.1, -0.05) is 109 Å². The van der Waals surface area contributed by atoms with Crippen LogP contribution in [0.15, 0.2) is 194 Å². The predicted molar refractivity (Wildman–Crippen MR) is 225 cm³/mol. The van der Waals surface area contributed by atoms with Crippen molar-refractivity contribution in [2.45, 2.75) is 0 Å². The Kier molecular flexibility index (Phi) is 7.38. The second-order valence-electron chi connectivity index (χ2n) is 13.8. The van der Waals surface area contributed by atoms with Crippen LogP contribution in [0.3, 0.4) is 0 Å². The third-order valence-corrected chi connectivity index (χ3v) is 10.5. The van der Waals surface area contributed by atoms with Gasteiger partial charge in [-0.05, 0) is 96.1 Å². The molecule has 0 amide bonds. The quantitative estimate of drug-likeness (QED) is 0.176. The van der Waals surface area contributed by atoms with Crippen LogP contribution >= 0.6 is 0 Å². The molecule has 0 spiro atoms. The zero-order valence-corrected chi connectivity index (χ0v) is 30.1. The smallest absolute Gasteiger partial charge is 0.160 e. The number of benzene rings is 8. The molecule has 1 aromatic heterocycles. The average molecular weight is 721 g/mol. The third kappa shape index (κ3) is 5.35. The van der Waals surface area contributed by atoms with E-state index < -0.39 is 0 Å². The number of para-hydroxylation sites is 8. The second-order valence-corrected chi connectivity index (χ2v) is 13.8. The van der Waals surface area contributed by atoms with Crippen LogP contribution in [0.2, 0.25) is 0 Å². The summed E-state index contributed by atoms with van der Waals surface area (Å²) in [4.78, 5) is 14.8. The fourth-order valence-corrected chi connectivity index (χ4v) is 7.78. The van der Waals surface area contributed by atoms with Crippen molar-refractivity contribution >= 4 is 45.0 Å². The molecule has 56 heavy (non-hydrogen) atoms. The monoisotopic (exact) mass is 720 g/mol. The first-order chi connectivity index (χ1) is 27.7. The van der Waals surface area contributed by atoms with Gasteiger partial charge in [0.05, 0.1) is 34.0 Å². The maximum atomic E-state index is 6.26. The first-order valence-electron chi connectivity index (χ1n) is 18.7. The van der Waals surface area contributed by atoms with Crippen molar-refractivity contribution in [2.75, 3.05) is 9.80 Å². The Hall–Kier alpha value is -7.70. The lowest BCUT2D eigenvalue weighted by Gasteiger charge is -2.32. The SMILES string of the molecule is c1ccc(-c2nc(-c3ccc(N4c5ccccc5Oc5ccccc54)cc3)c3ccc(-c4ccc(N5c6ccccc6Oc6ccccc65)cc4)cc3n2)cc1. The van der Waals surface area contributed by atoms with Gasteiger partial charge in [0.1, 0.15) is 0 Å². The van der Waals surface area contributed by atoms with Crippen molar-refractivity contribution in [1.29, 1.82) is 0 Å². The molecule has 0 fully saturated rings. The third-order valence-electron chi connectivity index (χ3n) is 10.5. The molecule has 0 aliphatic carbocycles. The zero-order chi connectivity index (χ0) is 37.0. The molecule has 3 heterocycles. The van der Waals surface area contributed by atoms with Crippen LogP contribution in [0.4, 0.5) is 34.1 Å². The van der Waals surface area contributed by atoms with Crippen LogP contribution in [0, 0.1) is 0 Å². The van der Waals surface area contributed by atoms with Gasteiger partial charge in [0.2, 0.25) is 0 Å². The molecule has 0 radical (unpaired) electrons. The molecular formula is C50H32N4O2. The van der Waals surface area contributed by atoms with Gasteiger partial charge in [0.15, 0.2) is 28.8 Å². The van der Waals surface area contributed by atoms with Crippen molar-refractivity contribution in [1.82, 2.24) is 9.97 Å². The Morgan fingerprint density at radius 3 is 1.27 bits per heavy atom. The minimum atomic E-state index is 0.686. The van der Waals surface area contributed by atoms with Crippen LogP contribution in [0.25, 0.3) is 44.7 Å². The number of anilines is 6. The molecule has 2 aliphatic rings. The van der Waals surface area contributed by atoms with E-state index in [1.54, 1.807) is 0 Å². The first kappa shape index (κ1) is 31.8. The number of rotatable bonds is 5. The molecule has 0 saturated carbocycles. The number of ether oxygens (including phenoxy) is 2. The van der Waals surface area contributed by atoms with Crippen molar-refractivity contribution in [3.8, 4) is 56.8 Å². The number of nitrogens with zero attached hydrogens (tertiary/aromatic N) is 4. The van der Waals surface area contributed by atoms with Gasteiger partial charge in [-0.25, -0.2) is 9.97 Å². The molecule has 264 valence electrons. The van der Waals surface area contributed by atoms with Gasteiger partial charge in [-0.3, -0.25) is 0 Å². The van der Waals surface area contributed by atoms with Crippen LogP contribution in [0.1, 0.15) is 0 Å². The van der Waals surface area contributed by atoms with Gasteiger partial charge in [0, 0.05) is 27.9 Å². The van der Waals surface area contributed by atoms with Crippen LogP contribution < -0.4 is 19.3 Å². The molecule has 0 bridgehead atoms. The van der Waals surface area contributed by atoms with Crippen molar-refractivity contribution in [2.24, 2.45) is 0 Å². The normalized spacial score (nSPS) is 12.5. The summed E-state index contributed by atoms with van der Waals surface area (Å²) < 4.78 is 12.5. The summed E-state index contributed by atoms with van der Waals surface area (Å²) in [7, 11) is 0. The van der Waals surface area contributed by atoms with E-state index in [1.165, 1.54) is 0 Å².